The highest BCUT2D eigenvalue weighted by atomic mass is 32.1. The van der Waals surface area contributed by atoms with Gasteiger partial charge in [-0.1, -0.05) is 55.6 Å². The van der Waals surface area contributed by atoms with Gasteiger partial charge in [0, 0.05) is 4.88 Å². The van der Waals surface area contributed by atoms with Gasteiger partial charge in [0.25, 0.3) is 5.91 Å². The first-order valence-electron chi connectivity index (χ1n) is 8.82. The van der Waals surface area contributed by atoms with Crippen molar-refractivity contribution in [1.82, 2.24) is 14.9 Å². The van der Waals surface area contributed by atoms with Crippen LogP contribution < -0.4 is 5.32 Å². The topological polar surface area (TPSA) is 54.9 Å². The van der Waals surface area contributed by atoms with Crippen LogP contribution in [0.25, 0.3) is 0 Å². The summed E-state index contributed by atoms with van der Waals surface area (Å²) >= 11 is 2.80. The van der Waals surface area contributed by atoms with E-state index in [2.05, 4.69) is 59.1 Å². The Hall–Kier alpha value is -2.05. The van der Waals surface area contributed by atoms with Crippen molar-refractivity contribution in [2.24, 2.45) is 5.92 Å². The quantitative estimate of drug-likeness (QED) is 0.631. The molecular weight excluding hydrogens is 362 g/mol. The molecule has 3 aromatic rings. The van der Waals surface area contributed by atoms with Gasteiger partial charge in [0.05, 0.1) is 11.7 Å². The van der Waals surface area contributed by atoms with Crippen LogP contribution in [0.2, 0.25) is 0 Å². The number of aromatic nitrogens is 2. The molecular formula is C20H23N3OS2. The van der Waals surface area contributed by atoms with Gasteiger partial charge in [-0.3, -0.25) is 4.79 Å². The van der Waals surface area contributed by atoms with E-state index in [1.165, 1.54) is 5.56 Å². The molecule has 0 fully saturated rings. The largest absolute Gasteiger partial charge is 0.339 e. The van der Waals surface area contributed by atoms with Gasteiger partial charge in [0.1, 0.15) is 4.88 Å². The van der Waals surface area contributed by atoms with Crippen molar-refractivity contribution < 1.29 is 4.79 Å². The summed E-state index contributed by atoms with van der Waals surface area (Å²) in [6, 6.07) is 12.5. The third-order valence-corrected chi connectivity index (χ3v) is 5.86. The number of carbonyl (C=O) groups excluding carboxylic acids is 1. The molecule has 136 valence electrons. The molecule has 0 saturated carbocycles. The first-order chi connectivity index (χ1) is 12.6. The summed E-state index contributed by atoms with van der Waals surface area (Å²) in [6.07, 6.45) is 1.76. The minimum Gasteiger partial charge on any atom is -0.339 e. The number of nitrogens with zero attached hydrogens (tertiary/aromatic N) is 2. The van der Waals surface area contributed by atoms with Crippen LogP contribution in [0.15, 0.2) is 41.8 Å². The second kappa shape index (κ2) is 8.56. The SMILES string of the molecule is CCc1nnsc1C(=O)NC(c1ccc(CC(C)C)cc1)c1cccs1. The standard InChI is InChI=1S/C20H23N3OS2/c1-4-16-19(26-23-22-16)20(24)21-18(17-6-5-11-25-17)15-9-7-14(8-10-15)12-13(2)3/h5-11,13,18H,4,12H2,1-3H3,(H,21,24). The second-order valence-corrected chi connectivity index (χ2v) is 8.40. The van der Waals surface area contributed by atoms with Gasteiger partial charge >= 0.3 is 0 Å². The fraction of sp³-hybridized carbons (Fsp3) is 0.350. The molecule has 2 aromatic heterocycles. The summed E-state index contributed by atoms with van der Waals surface area (Å²) in [7, 11) is 0. The van der Waals surface area contributed by atoms with Crippen molar-refractivity contribution in [3.63, 3.8) is 0 Å². The van der Waals surface area contributed by atoms with Crippen LogP contribution >= 0.6 is 22.9 Å². The van der Waals surface area contributed by atoms with Gasteiger partial charge in [-0.25, -0.2) is 0 Å². The van der Waals surface area contributed by atoms with E-state index in [-0.39, 0.29) is 11.9 Å². The summed E-state index contributed by atoms with van der Waals surface area (Å²) in [6.45, 7) is 6.42. The molecule has 0 bridgehead atoms. The van der Waals surface area contributed by atoms with E-state index in [1.807, 2.05) is 18.4 Å². The lowest BCUT2D eigenvalue weighted by Gasteiger charge is -2.18. The van der Waals surface area contributed by atoms with Crippen molar-refractivity contribution in [1.29, 1.82) is 0 Å². The summed E-state index contributed by atoms with van der Waals surface area (Å²) in [5.74, 6) is 0.515. The number of thiophene rings is 1. The van der Waals surface area contributed by atoms with Crippen LogP contribution in [0.5, 0.6) is 0 Å². The van der Waals surface area contributed by atoms with E-state index in [1.54, 1.807) is 11.3 Å². The summed E-state index contributed by atoms with van der Waals surface area (Å²) in [5, 5.41) is 9.26. The van der Waals surface area contributed by atoms with Crippen LogP contribution in [0.1, 0.15) is 58.2 Å². The van der Waals surface area contributed by atoms with Gasteiger partial charge in [0.15, 0.2) is 0 Å². The minimum atomic E-state index is -0.164. The third kappa shape index (κ3) is 4.37. The summed E-state index contributed by atoms with van der Waals surface area (Å²) in [5.41, 5.74) is 3.16. The fourth-order valence-corrected chi connectivity index (χ4v) is 4.36. The van der Waals surface area contributed by atoms with Gasteiger partial charge in [-0.2, -0.15) is 0 Å². The van der Waals surface area contributed by atoms with Crippen LogP contribution in [0.3, 0.4) is 0 Å². The Morgan fingerprint density at radius 1 is 1.19 bits per heavy atom. The van der Waals surface area contributed by atoms with E-state index in [0.29, 0.717) is 17.2 Å². The van der Waals surface area contributed by atoms with E-state index in [4.69, 9.17) is 0 Å². The normalized spacial score (nSPS) is 12.3. The zero-order chi connectivity index (χ0) is 18.5. The number of rotatable bonds is 7. The Balaban J connectivity index is 1.85. The number of nitrogens with one attached hydrogen (secondary N) is 1. The van der Waals surface area contributed by atoms with Crippen molar-refractivity contribution in [3.05, 3.63) is 68.4 Å². The molecule has 4 nitrogen and oxygen atoms in total. The molecule has 0 spiro atoms. The summed E-state index contributed by atoms with van der Waals surface area (Å²) in [4.78, 5) is 14.5. The molecule has 1 atom stereocenters. The Morgan fingerprint density at radius 3 is 2.58 bits per heavy atom. The van der Waals surface area contributed by atoms with Crippen LogP contribution in [0.4, 0.5) is 0 Å². The highest BCUT2D eigenvalue weighted by Crippen LogP contribution is 2.27. The lowest BCUT2D eigenvalue weighted by atomic mass is 9.98. The van der Waals surface area contributed by atoms with Crippen molar-refractivity contribution in [2.75, 3.05) is 0 Å². The third-order valence-electron chi connectivity index (χ3n) is 4.16. The minimum absolute atomic E-state index is 0.110. The van der Waals surface area contributed by atoms with Gasteiger partial charge in [-0.15, -0.1) is 16.4 Å². The zero-order valence-electron chi connectivity index (χ0n) is 15.2. The number of carbonyl (C=O) groups is 1. The molecule has 1 aromatic carbocycles. The molecule has 26 heavy (non-hydrogen) atoms. The van der Waals surface area contributed by atoms with Gasteiger partial charge < -0.3 is 5.32 Å². The Bertz CT molecular complexity index is 838. The van der Waals surface area contributed by atoms with Gasteiger partial charge in [-0.05, 0) is 52.9 Å². The molecule has 0 radical (unpaired) electrons. The molecule has 2 heterocycles. The molecule has 0 saturated heterocycles. The van der Waals surface area contributed by atoms with Crippen LogP contribution in [0, 0.1) is 5.92 Å². The Kier molecular flexibility index (Phi) is 6.16. The number of aryl methyl sites for hydroxylation is 1. The number of hydrogen-bond acceptors (Lipinski definition) is 5. The Labute approximate surface area is 162 Å². The molecule has 0 aliphatic rings. The number of hydrogen-bond donors (Lipinski definition) is 1. The molecule has 0 aliphatic heterocycles. The molecule has 6 heteroatoms. The highest BCUT2D eigenvalue weighted by Gasteiger charge is 2.22. The van der Waals surface area contributed by atoms with Crippen molar-refractivity contribution in [2.45, 2.75) is 39.7 Å². The monoisotopic (exact) mass is 385 g/mol. The second-order valence-electron chi connectivity index (χ2n) is 6.66. The first-order valence-corrected chi connectivity index (χ1v) is 10.5. The fourth-order valence-electron chi connectivity index (χ4n) is 2.90. The average Bonchev–Trinajstić information content (AvgIpc) is 3.31. The average molecular weight is 386 g/mol. The van der Waals surface area contributed by atoms with Crippen molar-refractivity contribution in [3.8, 4) is 0 Å². The van der Waals surface area contributed by atoms with E-state index in [0.717, 1.165) is 34.1 Å². The maximum Gasteiger partial charge on any atom is 0.265 e. The lowest BCUT2D eigenvalue weighted by molar-refractivity contribution is 0.0946. The number of benzene rings is 1. The molecule has 0 aliphatic carbocycles. The maximum atomic E-state index is 12.8. The van der Waals surface area contributed by atoms with E-state index in [9.17, 15) is 4.79 Å². The van der Waals surface area contributed by atoms with Crippen LogP contribution in [-0.4, -0.2) is 15.5 Å². The highest BCUT2D eigenvalue weighted by molar-refractivity contribution is 7.10. The molecule has 1 unspecified atom stereocenters. The van der Waals surface area contributed by atoms with Crippen LogP contribution in [-0.2, 0) is 12.8 Å². The smallest absolute Gasteiger partial charge is 0.265 e. The maximum absolute atomic E-state index is 12.8. The van der Waals surface area contributed by atoms with E-state index < -0.39 is 0 Å². The lowest BCUT2D eigenvalue weighted by Crippen LogP contribution is -2.29. The van der Waals surface area contributed by atoms with Crippen molar-refractivity contribution >= 4 is 28.8 Å². The van der Waals surface area contributed by atoms with Gasteiger partial charge in [0.2, 0.25) is 0 Å². The summed E-state index contributed by atoms with van der Waals surface area (Å²) < 4.78 is 3.93. The van der Waals surface area contributed by atoms with E-state index >= 15 is 0 Å². The predicted octanol–water partition coefficient (Wildman–Crippen LogP) is 4.88. The molecule has 1 amide bonds. The number of amides is 1. The first kappa shape index (κ1) is 18.7. The molecule has 3 rings (SSSR count). The molecule has 1 N–H and O–H groups in total. The zero-order valence-corrected chi connectivity index (χ0v) is 16.9. The Morgan fingerprint density at radius 2 is 1.96 bits per heavy atom. The predicted molar refractivity (Wildman–Crippen MR) is 108 cm³/mol.